The highest BCUT2D eigenvalue weighted by molar-refractivity contribution is 6.14. The minimum Gasteiger partial charge on any atom is -0.455 e. The van der Waals surface area contributed by atoms with Gasteiger partial charge in [0.1, 0.15) is 11.2 Å². The van der Waals surface area contributed by atoms with E-state index < -0.39 is 0 Å². The summed E-state index contributed by atoms with van der Waals surface area (Å²) in [5.74, 6) is 0. The molecule has 0 aliphatic rings. The molecule has 0 bridgehead atoms. The Labute approximate surface area is 360 Å². The fraction of sp³-hybridized carbons (Fsp3) is 0. The summed E-state index contributed by atoms with van der Waals surface area (Å²) in [5, 5.41) is 9.60. The van der Waals surface area contributed by atoms with Crippen molar-refractivity contribution < 1.29 is 4.42 Å². The Kier molecular flexibility index (Phi) is 8.53. The van der Waals surface area contributed by atoms with E-state index in [2.05, 4.69) is 241 Å². The Morgan fingerprint density at radius 2 is 0.758 bits per heavy atom. The van der Waals surface area contributed by atoms with Crippen LogP contribution in [0.4, 0.5) is 17.1 Å². The summed E-state index contributed by atoms with van der Waals surface area (Å²) in [7, 11) is 0. The summed E-state index contributed by atoms with van der Waals surface area (Å²) in [5.41, 5.74) is 14.3. The molecule has 0 spiro atoms. The van der Waals surface area contributed by atoms with Crippen LogP contribution in [0.25, 0.3) is 98.8 Å². The summed E-state index contributed by atoms with van der Waals surface area (Å²) in [4.78, 5) is 2.38. The van der Waals surface area contributed by atoms with Crippen LogP contribution in [-0.2, 0) is 0 Å². The fourth-order valence-corrected chi connectivity index (χ4v) is 9.43. The molecule has 0 saturated carbocycles. The molecule has 0 amide bonds. The normalized spacial score (nSPS) is 11.5. The topological polar surface area (TPSA) is 16.4 Å². The SMILES string of the molecule is c1cc(-c2ccc(N(c3ccc(-c4cccc5ccccc45)cc3)c3ccccc3-c3cccc4c3oc3cc5ccccc5cc34)cc2)cc(-c2cccc3ccccc23)c1. The van der Waals surface area contributed by atoms with Crippen LogP contribution in [0, 0.1) is 0 Å². The highest BCUT2D eigenvalue weighted by Crippen LogP contribution is 2.45. The lowest BCUT2D eigenvalue weighted by Crippen LogP contribution is -2.11. The van der Waals surface area contributed by atoms with Gasteiger partial charge in [-0.2, -0.15) is 0 Å². The third kappa shape index (κ3) is 6.12. The van der Waals surface area contributed by atoms with Crippen LogP contribution in [0.2, 0.25) is 0 Å². The largest absolute Gasteiger partial charge is 0.455 e. The van der Waals surface area contributed by atoms with E-state index in [4.69, 9.17) is 4.42 Å². The van der Waals surface area contributed by atoms with Gasteiger partial charge in [0.2, 0.25) is 0 Å². The van der Waals surface area contributed by atoms with E-state index in [1.807, 2.05) is 0 Å². The molecule has 12 aromatic rings. The Bertz CT molecular complexity index is 3620. The lowest BCUT2D eigenvalue weighted by molar-refractivity contribution is 0.670. The lowest BCUT2D eigenvalue weighted by atomic mass is 9.95. The van der Waals surface area contributed by atoms with E-state index in [1.165, 1.54) is 60.1 Å². The molecule has 12 rings (SSSR count). The van der Waals surface area contributed by atoms with Crippen LogP contribution < -0.4 is 4.90 Å². The van der Waals surface area contributed by atoms with Crippen molar-refractivity contribution >= 4 is 71.3 Å². The molecular weight excluding hydrogens is 751 g/mol. The van der Waals surface area contributed by atoms with Gasteiger partial charge in [0.15, 0.2) is 0 Å². The standard InChI is InChI=1S/C60H39NO/c1-2-16-46-39-59-57(38-45(46)15-1)56-27-12-26-55(60(56)62-59)54-23-7-8-28-58(54)61(49-35-31-43(32-36-49)52-24-10-17-41-13-3-5-21-50(41)52)48-33-29-40(30-34-48)44-19-9-20-47(37-44)53-25-11-18-42-14-4-6-22-51(42)53/h1-39H. The quantitative estimate of drug-likeness (QED) is 0.160. The smallest absolute Gasteiger partial charge is 0.143 e. The first-order valence-electron chi connectivity index (χ1n) is 21.2. The second-order valence-corrected chi connectivity index (χ2v) is 16.1. The molecule has 2 nitrogen and oxygen atoms in total. The fourth-order valence-electron chi connectivity index (χ4n) is 9.43. The van der Waals surface area contributed by atoms with Crippen LogP contribution >= 0.6 is 0 Å². The Morgan fingerprint density at radius 1 is 0.274 bits per heavy atom. The Balaban J connectivity index is 0.993. The molecule has 1 heterocycles. The van der Waals surface area contributed by atoms with Gasteiger partial charge in [0.25, 0.3) is 0 Å². The first-order chi connectivity index (χ1) is 30.7. The van der Waals surface area contributed by atoms with Crippen LogP contribution in [0.3, 0.4) is 0 Å². The highest BCUT2D eigenvalue weighted by Gasteiger charge is 2.21. The van der Waals surface area contributed by atoms with Crippen molar-refractivity contribution in [3.63, 3.8) is 0 Å². The van der Waals surface area contributed by atoms with E-state index in [0.29, 0.717) is 0 Å². The average Bonchev–Trinajstić information content (AvgIpc) is 3.71. The van der Waals surface area contributed by atoms with Gasteiger partial charge in [-0.1, -0.05) is 188 Å². The minimum absolute atomic E-state index is 0.887. The Morgan fingerprint density at radius 3 is 1.47 bits per heavy atom. The number of hydrogen-bond acceptors (Lipinski definition) is 2. The zero-order chi connectivity index (χ0) is 41.0. The third-order valence-corrected chi connectivity index (χ3v) is 12.4. The van der Waals surface area contributed by atoms with Crippen molar-refractivity contribution in [3.05, 3.63) is 237 Å². The summed E-state index contributed by atoms with van der Waals surface area (Å²) >= 11 is 0. The van der Waals surface area contributed by atoms with Gasteiger partial charge < -0.3 is 9.32 Å². The molecule has 0 aliphatic heterocycles. The molecule has 0 atom stereocenters. The van der Waals surface area contributed by atoms with Gasteiger partial charge in [-0.15, -0.1) is 0 Å². The number of fused-ring (bicyclic) bond motifs is 6. The molecule has 0 saturated heterocycles. The van der Waals surface area contributed by atoms with Gasteiger partial charge in [-0.25, -0.2) is 0 Å². The zero-order valence-corrected chi connectivity index (χ0v) is 33.9. The van der Waals surface area contributed by atoms with Crippen LogP contribution in [0.5, 0.6) is 0 Å². The minimum atomic E-state index is 0.887. The molecule has 1 aromatic heterocycles. The molecule has 2 heteroatoms. The number of nitrogens with zero attached hydrogens (tertiary/aromatic N) is 1. The van der Waals surface area contributed by atoms with E-state index in [1.54, 1.807) is 0 Å². The predicted molar refractivity (Wildman–Crippen MR) is 263 cm³/mol. The van der Waals surface area contributed by atoms with E-state index in [-0.39, 0.29) is 0 Å². The molecule has 290 valence electrons. The maximum Gasteiger partial charge on any atom is 0.143 e. The van der Waals surface area contributed by atoms with Crippen molar-refractivity contribution in [2.75, 3.05) is 4.90 Å². The van der Waals surface area contributed by atoms with Gasteiger partial charge in [0, 0.05) is 33.3 Å². The number of rotatable bonds is 7. The summed E-state index contributed by atoms with van der Waals surface area (Å²) < 4.78 is 6.80. The van der Waals surface area contributed by atoms with Crippen LogP contribution in [0.1, 0.15) is 0 Å². The highest BCUT2D eigenvalue weighted by atomic mass is 16.3. The van der Waals surface area contributed by atoms with E-state index in [9.17, 15) is 0 Å². The molecule has 0 N–H and O–H groups in total. The molecule has 0 fully saturated rings. The van der Waals surface area contributed by atoms with Crippen molar-refractivity contribution in [1.29, 1.82) is 0 Å². The van der Waals surface area contributed by atoms with Crippen molar-refractivity contribution in [1.82, 2.24) is 0 Å². The maximum atomic E-state index is 6.80. The van der Waals surface area contributed by atoms with Crippen molar-refractivity contribution in [2.45, 2.75) is 0 Å². The van der Waals surface area contributed by atoms with E-state index in [0.717, 1.165) is 55.7 Å². The second-order valence-electron chi connectivity index (χ2n) is 16.1. The number of anilines is 3. The van der Waals surface area contributed by atoms with Crippen molar-refractivity contribution in [2.24, 2.45) is 0 Å². The molecule has 0 aliphatic carbocycles. The number of furan rings is 1. The first-order valence-corrected chi connectivity index (χ1v) is 21.2. The van der Waals surface area contributed by atoms with E-state index >= 15 is 0 Å². The summed E-state index contributed by atoms with van der Waals surface area (Å²) in [6.07, 6.45) is 0. The monoisotopic (exact) mass is 789 g/mol. The molecule has 0 radical (unpaired) electrons. The van der Waals surface area contributed by atoms with Crippen LogP contribution in [0.15, 0.2) is 241 Å². The second kappa shape index (κ2) is 14.8. The third-order valence-electron chi connectivity index (χ3n) is 12.4. The molecule has 62 heavy (non-hydrogen) atoms. The zero-order valence-electron chi connectivity index (χ0n) is 33.9. The molecule has 0 unspecified atom stereocenters. The number of para-hydroxylation sites is 2. The Hall–Kier alpha value is -8.20. The lowest BCUT2D eigenvalue weighted by Gasteiger charge is -2.28. The van der Waals surface area contributed by atoms with Gasteiger partial charge >= 0.3 is 0 Å². The molecular formula is C60H39NO. The van der Waals surface area contributed by atoms with Gasteiger partial charge in [-0.3, -0.25) is 0 Å². The number of hydrogen-bond donors (Lipinski definition) is 0. The molecule has 11 aromatic carbocycles. The van der Waals surface area contributed by atoms with Crippen LogP contribution in [-0.4, -0.2) is 0 Å². The summed E-state index contributed by atoms with van der Waals surface area (Å²) in [6, 6.07) is 85.4. The van der Waals surface area contributed by atoms with Crippen molar-refractivity contribution in [3.8, 4) is 44.5 Å². The first kappa shape index (κ1) is 35.7. The van der Waals surface area contributed by atoms with Gasteiger partial charge in [-0.05, 0) is 114 Å². The predicted octanol–water partition coefficient (Wildman–Crippen LogP) is 17.2. The summed E-state index contributed by atoms with van der Waals surface area (Å²) in [6.45, 7) is 0. The average molecular weight is 790 g/mol. The number of benzene rings is 11. The van der Waals surface area contributed by atoms with Gasteiger partial charge in [0.05, 0.1) is 5.69 Å². The maximum absolute atomic E-state index is 6.80.